The Morgan fingerprint density at radius 3 is 2.47 bits per heavy atom. The summed E-state index contributed by atoms with van der Waals surface area (Å²) in [6, 6.07) is 1.92. The summed E-state index contributed by atoms with van der Waals surface area (Å²) in [4.78, 5) is 80.3. The molecule has 0 spiro atoms. The van der Waals surface area contributed by atoms with Gasteiger partial charge in [-0.25, -0.2) is 4.98 Å². The molecule has 1 atom stereocenters. The number of pyridine rings is 1. The quantitative estimate of drug-likeness (QED) is 0.317. The van der Waals surface area contributed by atoms with E-state index in [4.69, 9.17) is 0 Å². The molecule has 0 radical (unpaired) electrons. The molecule has 0 fully saturated rings. The Labute approximate surface area is 208 Å². The van der Waals surface area contributed by atoms with Crippen LogP contribution in [-0.2, 0) is 39.2 Å². The van der Waals surface area contributed by atoms with E-state index in [2.05, 4.69) is 15.6 Å². The van der Waals surface area contributed by atoms with E-state index in [1.807, 2.05) is 19.0 Å². The number of nitrogens with one attached hydrogen (secondary N) is 2. The Balaban J connectivity index is 2.19. The van der Waals surface area contributed by atoms with Crippen molar-refractivity contribution in [1.29, 1.82) is 0 Å². The molecule has 2 amide bonds. The van der Waals surface area contributed by atoms with E-state index < -0.39 is 35.0 Å². The van der Waals surface area contributed by atoms with Crippen molar-refractivity contribution in [3.63, 3.8) is 0 Å². The van der Waals surface area contributed by atoms with E-state index in [1.54, 1.807) is 13.1 Å². The predicted molar refractivity (Wildman–Crippen MR) is 130 cm³/mol. The first kappa shape index (κ1) is 28.3. The van der Waals surface area contributed by atoms with Gasteiger partial charge in [-0.3, -0.25) is 28.8 Å². The summed E-state index contributed by atoms with van der Waals surface area (Å²) < 4.78 is 2.72. The standard InChI is InChI=1S/C24H32N6O6/c1-25-23(35)20(32)8-7-18(27-22(34)19-13-26-15-29(19)4)21(33)12-16-6-5-10-30(24(16)36)14-17(31)9-11-28(2)3/h5-6,10,13,15,18H,7-9,11-12,14H2,1-4H3,(H,25,35)(H,27,34)/t18-/m0/s1. The van der Waals surface area contributed by atoms with Crippen molar-refractivity contribution < 1.29 is 24.0 Å². The second-order valence-electron chi connectivity index (χ2n) is 8.66. The number of nitrogens with zero attached hydrogens (tertiary/aromatic N) is 4. The number of ketones is 3. The SMILES string of the molecule is CNC(=O)C(=O)CC[C@H](NC(=O)c1cncn1C)C(=O)Cc1cccn(CC(=O)CCN(C)C)c1=O. The molecule has 36 heavy (non-hydrogen) atoms. The number of aryl methyl sites for hydroxylation is 1. The minimum atomic E-state index is -1.13. The molecule has 12 heteroatoms. The number of hydrogen-bond donors (Lipinski definition) is 2. The van der Waals surface area contributed by atoms with Crippen LogP contribution in [0, 0.1) is 0 Å². The summed E-state index contributed by atoms with van der Waals surface area (Å²) in [6.45, 7) is 0.439. The van der Waals surface area contributed by atoms with E-state index in [9.17, 15) is 28.8 Å². The zero-order valence-electron chi connectivity index (χ0n) is 20.9. The molecule has 0 aromatic carbocycles. The third-order valence-electron chi connectivity index (χ3n) is 5.53. The Kier molecular flexibility index (Phi) is 10.4. The lowest BCUT2D eigenvalue weighted by molar-refractivity contribution is -0.137. The molecule has 2 N–H and O–H groups in total. The van der Waals surface area contributed by atoms with Crippen molar-refractivity contribution in [2.24, 2.45) is 7.05 Å². The van der Waals surface area contributed by atoms with Crippen molar-refractivity contribution in [2.45, 2.75) is 38.3 Å². The number of hydrogen-bond acceptors (Lipinski definition) is 8. The lowest BCUT2D eigenvalue weighted by Gasteiger charge is -2.18. The fourth-order valence-corrected chi connectivity index (χ4v) is 3.42. The smallest absolute Gasteiger partial charge is 0.287 e. The molecular weight excluding hydrogens is 468 g/mol. The van der Waals surface area contributed by atoms with Crippen LogP contribution in [0.25, 0.3) is 0 Å². The van der Waals surface area contributed by atoms with Crippen LogP contribution in [0.5, 0.6) is 0 Å². The van der Waals surface area contributed by atoms with Gasteiger partial charge in [-0.1, -0.05) is 6.07 Å². The Bertz CT molecular complexity index is 1180. The minimum absolute atomic E-state index is 0.115. The Morgan fingerprint density at radius 2 is 1.86 bits per heavy atom. The first-order chi connectivity index (χ1) is 17.0. The van der Waals surface area contributed by atoms with Gasteiger partial charge >= 0.3 is 0 Å². The number of likely N-dealkylation sites (N-methyl/N-ethyl adjacent to an activating group) is 1. The van der Waals surface area contributed by atoms with Crippen molar-refractivity contribution >= 4 is 29.2 Å². The van der Waals surface area contributed by atoms with Crippen LogP contribution in [-0.4, -0.2) is 81.9 Å². The average Bonchev–Trinajstić information content (AvgIpc) is 3.27. The van der Waals surface area contributed by atoms with Crippen molar-refractivity contribution in [3.05, 3.63) is 52.5 Å². The zero-order valence-corrected chi connectivity index (χ0v) is 20.9. The Morgan fingerprint density at radius 1 is 1.14 bits per heavy atom. The summed E-state index contributed by atoms with van der Waals surface area (Å²) in [6.07, 6.45) is 3.79. The largest absolute Gasteiger partial charge is 0.353 e. The molecule has 2 rings (SSSR count). The van der Waals surface area contributed by atoms with Gasteiger partial charge in [0.15, 0.2) is 11.6 Å². The van der Waals surface area contributed by atoms with Crippen LogP contribution in [0.4, 0.5) is 0 Å². The molecule has 0 saturated carbocycles. The molecule has 2 aromatic heterocycles. The van der Waals surface area contributed by atoms with Gasteiger partial charge in [0.1, 0.15) is 5.69 Å². The lowest BCUT2D eigenvalue weighted by atomic mass is 9.99. The topological polar surface area (TPSA) is 152 Å². The van der Waals surface area contributed by atoms with Crippen molar-refractivity contribution in [1.82, 2.24) is 29.7 Å². The number of rotatable bonds is 14. The van der Waals surface area contributed by atoms with E-state index in [1.165, 1.54) is 41.0 Å². The fourth-order valence-electron chi connectivity index (χ4n) is 3.42. The van der Waals surface area contributed by atoms with Gasteiger partial charge in [0.25, 0.3) is 17.4 Å². The third kappa shape index (κ3) is 8.08. The molecule has 0 aliphatic heterocycles. The molecular formula is C24H32N6O6. The van der Waals surface area contributed by atoms with Crippen LogP contribution < -0.4 is 16.2 Å². The second kappa shape index (κ2) is 13.2. The first-order valence-corrected chi connectivity index (χ1v) is 11.4. The van der Waals surface area contributed by atoms with Gasteiger partial charge in [-0.2, -0.15) is 0 Å². The highest BCUT2D eigenvalue weighted by atomic mass is 16.2. The normalized spacial score (nSPS) is 11.7. The average molecular weight is 501 g/mol. The highest BCUT2D eigenvalue weighted by Gasteiger charge is 2.26. The van der Waals surface area contributed by atoms with Gasteiger partial charge in [0, 0.05) is 51.7 Å². The maximum Gasteiger partial charge on any atom is 0.287 e. The van der Waals surface area contributed by atoms with Gasteiger partial charge in [0.2, 0.25) is 5.78 Å². The molecule has 194 valence electrons. The molecule has 2 aromatic rings. The second-order valence-corrected chi connectivity index (χ2v) is 8.66. The van der Waals surface area contributed by atoms with Crippen LogP contribution in [0.1, 0.15) is 35.3 Å². The summed E-state index contributed by atoms with van der Waals surface area (Å²) in [5.41, 5.74) is -0.133. The predicted octanol–water partition coefficient (Wildman–Crippen LogP) is -0.892. The fraction of sp³-hybridized carbons (Fsp3) is 0.458. The highest BCUT2D eigenvalue weighted by molar-refractivity contribution is 6.36. The minimum Gasteiger partial charge on any atom is -0.353 e. The molecule has 0 unspecified atom stereocenters. The van der Waals surface area contributed by atoms with Gasteiger partial charge < -0.3 is 24.7 Å². The number of aromatic nitrogens is 3. The molecule has 0 aliphatic carbocycles. The number of amides is 2. The maximum atomic E-state index is 13.1. The van der Waals surface area contributed by atoms with E-state index in [0.717, 1.165) is 0 Å². The first-order valence-electron chi connectivity index (χ1n) is 11.4. The molecule has 2 heterocycles. The summed E-state index contributed by atoms with van der Waals surface area (Å²) in [5, 5.41) is 4.81. The maximum absolute atomic E-state index is 13.1. The summed E-state index contributed by atoms with van der Waals surface area (Å²) in [5.74, 6) is -2.75. The Hall–Kier alpha value is -3.93. The molecule has 12 nitrogen and oxygen atoms in total. The van der Waals surface area contributed by atoms with Crippen LogP contribution >= 0.6 is 0 Å². The van der Waals surface area contributed by atoms with Crippen molar-refractivity contribution in [3.8, 4) is 0 Å². The van der Waals surface area contributed by atoms with Gasteiger partial charge in [-0.15, -0.1) is 0 Å². The molecule has 0 bridgehead atoms. The van der Waals surface area contributed by atoms with E-state index in [0.29, 0.717) is 6.54 Å². The van der Waals surface area contributed by atoms with Crippen molar-refractivity contribution in [2.75, 3.05) is 27.7 Å². The zero-order chi connectivity index (χ0) is 26.8. The summed E-state index contributed by atoms with van der Waals surface area (Å²) in [7, 11) is 6.62. The van der Waals surface area contributed by atoms with E-state index in [-0.39, 0.29) is 49.3 Å². The van der Waals surface area contributed by atoms with Crippen LogP contribution in [0.2, 0.25) is 0 Å². The number of carbonyl (C=O) groups is 5. The molecule has 0 aliphatic rings. The molecule has 0 saturated heterocycles. The number of imidazole rings is 1. The van der Waals surface area contributed by atoms with E-state index >= 15 is 0 Å². The summed E-state index contributed by atoms with van der Waals surface area (Å²) >= 11 is 0. The van der Waals surface area contributed by atoms with Crippen LogP contribution in [0.3, 0.4) is 0 Å². The van der Waals surface area contributed by atoms with Gasteiger partial charge in [0.05, 0.1) is 25.1 Å². The number of carbonyl (C=O) groups excluding carboxylic acids is 5. The van der Waals surface area contributed by atoms with Gasteiger partial charge in [-0.05, 0) is 26.6 Å². The monoisotopic (exact) mass is 500 g/mol. The van der Waals surface area contributed by atoms with Crippen LogP contribution in [0.15, 0.2) is 35.6 Å². The highest BCUT2D eigenvalue weighted by Crippen LogP contribution is 2.07. The third-order valence-corrected chi connectivity index (χ3v) is 5.53. The number of Topliss-reactive ketones (excluding diaryl/α,β-unsaturated/α-hetero) is 3. The lowest BCUT2D eigenvalue weighted by Crippen LogP contribution is -2.43.